The molecule has 0 aliphatic heterocycles. The van der Waals surface area contributed by atoms with Gasteiger partial charge in [-0.15, -0.1) is 0 Å². The lowest BCUT2D eigenvalue weighted by atomic mass is 10.0. The van der Waals surface area contributed by atoms with E-state index >= 15 is 0 Å². The number of hydrogen-bond donors (Lipinski definition) is 1. The highest BCUT2D eigenvalue weighted by Gasteiger charge is 2.04. The number of hydrogen-bond acceptors (Lipinski definition) is 1. The van der Waals surface area contributed by atoms with E-state index in [2.05, 4.69) is 0 Å². The Bertz CT molecular complexity index is 281. The molecular formula is C10H11FO. The zero-order chi connectivity index (χ0) is 8.97. The van der Waals surface area contributed by atoms with Crippen molar-refractivity contribution in [1.82, 2.24) is 0 Å². The highest BCUT2D eigenvalue weighted by atomic mass is 19.1. The molecule has 0 bridgehead atoms. The highest BCUT2D eigenvalue weighted by molar-refractivity contribution is 5.29. The summed E-state index contributed by atoms with van der Waals surface area (Å²) >= 11 is 0. The fraction of sp³-hybridized carbons (Fsp3) is 0.200. The number of aliphatic hydroxyl groups excluding tert-OH is 1. The van der Waals surface area contributed by atoms with Crippen LogP contribution in [0.25, 0.3) is 0 Å². The van der Waals surface area contributed by atoms with Gasteiger partial charge < -0.3 is 5.11 Å². The molecule has 0 aromatic heterocycles. The summed E-state index contributed by atoms with van der Waals surface area (Å²) in [5, 5.41) is 9.37. The van der Waals surface area contributed by atoms with Crippen molar-refractivity contribution in [3.63, 3.8) is 0 Å². The van der Waals surface area contributed by atoms with Gasteiger partial charge in [0.25, 0.3) is 0 Å². The maximum Gasteiger partial charge on any atom is 0.0999 e. The molecule has 0 aliphatic rings. The predicted molar refractivity (Wildman–Crippen MR) is 46.4 cm³/mol. The zero-order valence-corrected chi connectivity index (χ0v) is 6.87. The first-order valence-electron chi connectivity index (χ1n) is 3.76. The molecule has 1 unspecified atom stereocenters. The molecule has 64 valence electrons. The number of rotatable bonds is 2. The monoisotopic (exact) mass is 166 g/mol. The van der Waals surface area contributed by atoms with Crippen LogP contribution in [0.5, 0.6) is 0 Å². The van der Waals surface area contributed by atoms with Gasteiger partial charge in [-0.05, 0) is 24.1 Å². The molecule has 0 saturated carbocycles. The maximum absolute atomic E-state index is 11.7. The Hall–Kier alpha value is -1.15. The van der Waals surface area contributed by atoms with Crippen molar-refractivity contribution in [1.29, 1.82) is 0 Å². The van der Waals surface area contributed by atoms with E-state index in [1.807, 2.05) is 25.1 Å². The van der Waals surface area contributed by atoms with E-state index in [1.165, 1.54) is 0 Å². The van der Waals surface area contributed by atoms with Crippen LogP contribution in [0.3, 0.4) is 0 Å². The number of benzene rings is 1. The zero-order valence-electron chi connectivity index (χ0n) is 6.87. The average molecular weight is 166 g/mol. The molecule has 1 N–H and O–H groups in total. The van der Waals surface area contributed by atoms with Crippen molar-refractivity contribution in [3.05, 3.63) is 47.8 Å². The normalized spacial score (nSPS) is 13.6. The van der Waals surface area contributed by atoms with Crippen LogP contribution in [-0.2, 0) is 0 Å². The van der Waals surface area contributed by atoms with Crippen molar-refractivity contribution < 1.29 is 9.50 Å². The Morgan fingerprint density at radius 2 is 2.08 bits per heavy atom. The van der Waals surface area contributed by atoms with Crippen LogP contribution in [0.1, 0.15) is 17.2 Å². The van der Waals surface area contributed by atoms with Crippen LogP contribution in [0.4, 0.5) is 4.39 Å². The summed E-state index contributed by atoms with van der Waals surface area (Å²) in [5.41, 5.74) is 1.70. The summed E-state index contributed by atoms with van der Waals surface area (Å²) in [6, 6.07) is 7.35. The lowest BCUT2D eigenvalue weighted by molar-refractivity contribution is 0.226. The van der Waals surface area contributed by atoms with Crippen LogP contribution in [0, 0.1) is 6.92 Å². The third-order valence-electron chi connectivity index (χ3n) is 1.76. The van der Waals surface area contributed by atoms with Crippen molar-refractivity contribution in [2.75, 3.05) is 0 Å². The van der Waals surface area contributed by atoms with Gasteiger partial charge in [0, 0.05) is 0 Å². The summed E-state index contributed by atoms with van der Waals surface area (Å²) in [6.45, 7) is 1.88. The molecule has 1 aromatic carbocycles. The van der Waals surface area contributed by atoms with Crippen molar-refractivity contribution >= 4 is 0 Å². The Balaban J connectivity index is 2.94. The molecule has 0 heterocycles. The standard InChI is InChI=1S/C10H11FO/c1-8-4-2-3-5-9(8)10(12)6-7-11/h2-7,10,12H,1H3/b7-6+. The van der Waals surface area contributed by atoms with Gasteiger partial charge in [0.2, 0.25) is 0 Å². The summed E-state index contributed by atoms with van der Waals surface area (Å²) in [6.07, 6.45) is 0.635. The van der Waals surface area contributed by atoms with E-state index in [-0.39, 0.29) is 0 Å². The van der Waals surface area contributed by atoms with E-state index in [4.69, 9.17) is 0 Å². The summed E-state index contributed by atoms with van der Waals surface area (Å²) < 4.78 is 11.7. The van der Waals surface area contributed by atoms with Gasteiger partial charge in [-0.3, -0.25) is 0 Å². The summed E-state index contributed by atoms with van der Waals surface area (Å²) in [4.78, 5) is 0. The third-order valence-corrected chi connectivity index (χ3v) is 1.76. The second-order valence-corrected chi connectivity index (χ2v) is 2.62. The van der Waals surface area contributed by atoms with E-state index in [0.717, 1.165) is 17.2 Å². The molecule has 12 heavy (non-hydrogen) atoms. The average Bonchev–Trinajstić information content (AvgIpc) is 2.05. The van der Waals surface area contributed by atoms with Gasteiger partial charge >= 0.3 is 0 Å². The molecule has 1 atom stereocenters. The Kier molecular flexibility index (Phi) is 3.00. The summed E-state index contributed by atoms with van der Waals surface area (Å²) in [5.74, 6) is 0. The number of aryl methyl sites for hydroxylation is 1. The first-order valence-corrected chi connectivity index (χ1v) is 3.76. The minimum atomic E-state index is -0.837. The smallest absolute Gasteiger partial charge is 0.0999 e. The van der Waals surface area contributed by atoms with E-state index in [9.17, 15) is 9.50 Å². The first kappa shape index (κ1) is 8.94. The minimum absolute atomic E-state index is 0.358. The third kappa shape index (κ3) is 1.92. The highest BCUT2D eigenvalue weighted by Crippen LogP contribution is 2.17. The van der Waals surface area contributed by atoms with Crippen LogP contribution in [-0.4, -0.2) is 5.11 Å². The molecule has 0 saturated heterocycles. The molecule has 0 radical (unpaired) electrons. The van der Waals surface area contributed by atoms with Gasteiger partial charge in [0.15, 0.2) is 0 Å². The largest absolute Gasteiger partial charge is 0.384 e. The SMILES string of the molecule is Cc1ccccc1C(O)/C=C/F. The topological polar surface area (TPSA) is 20.2 Å². The van der Waals surface area contributed by atoms with E-state index in [0.29, 0.717) is 6.33 Å². The predicted octanol–water partition coefficient (Wildman–Crippen LogP) is 2.51. The maximum atomic E-state index is 11.7. The number of halogens is 1. The van der Waals surface area contributed by atoms with Crippen molar-refractivity contribution in [3.8, 4) is 0 Å². The van der Waals surface area contributed by atoms with Gasteiger partial charge in [0.1, 0.15) is 0 Å². The molecule has 0 amide bonds. The van der Waals surface area contributed by atoms with Crippen LogP contribution in [0.15, 0.2) is 36.7 Å². The molecule has 0 fully saturated rings. The Morgan fingerprint density at radius 3 is 2.67 bits per heavy atom. The van der Waals surface area contributed by atoms with E-state index in [1.54, 1.807) is 6.07 Å². The molecule has 0 spiro atoms. The van der Waals surface area contributed by atoms with E-state index < -0.39 is 6.10 Å². The Labute approximate surface area is 71.2 Å². The molecular weight excluding hydrogens is 155 g/mol. The Morgan fingerprint density at radius 1 is 1.42 bits per heavy atom. The number of aliphatic hydroxyl groups is 1. The molecule has 1 aromatic rings. The van der Waals surface area contributed by atoms with Crippen molar-refractivity contribution in [2.24, 2.45) is 0 Å². The van der Waals surface area contributed by atoms with Gasteiger partial charge in [0.05, 0.1) is 12.4 Å². The first-order chi connectivity index (χ1) is 5.75. The molecule has 2 heteroatoms. The lowest BCUT2D eigenvalue weighted by Crippen LogP contribution is -1.95. The quantitative estimate of drug-likeness (QED) is 0.715. The molecule has 1 nitrogen and oxygen atoms in total. The fourth-order valence-electron chi connectivity index (χ4n) is 1.09. The van der Waals surface area contributed by atoms with Crippen LogP contribution >= 0.6 is 0 Å². The fourth-order valence-corrected chi connectivity index (χ4v) is 1.09. The molecule has 0 aliphatic carbocycles. The second-order valence-electron chi connectivity index (χ2n) is 2.62. The lowest BCUT2D eigenvalue weighted by Gasteiger charge is -2.07. The van der Waals surface area contributed by atoms with Crippen LogP contribution < -0.4 is 0 Å². The van der Waals surface area contributed by atoms with Crippen molar-refractivity contribution in [2.45, 2.75) is 13.0 Å². The minimum Gasteiger partial charge on any atom is -0.384 e. The van der Waals surface area contributed by atoms with Gasteiger partial charge in [-0.25, -0.2) is 4.39 Å². The van der Waals surface area contributed by atoms with Gasteiger partial charge in [-0.1, -0.05) is 24.3 Å². The summed E-state index contributed by atoms with van der Waals surface area (Å²) in [7, 11) is 0. The second kappa shape index (κ2) is 4.02. The van der Waals surface area contributed by atoms with Gasteiger partial charge in [-0.2, -0.15) is 0 Å². The molecule has 1 rings (SSSR count). The van der Waals surface area contributed by atoms with Crippen LogP contribution in [0.2, 0.25) is 0 Å².